The fraction of sp³-hybridized carbons (Fsp3) is 0.500. The molecule has 0 unspecified atom stereocenters. The van der Waals surface area contributed by atoms with Crippen LogP contribution in [0.25, 0.3) is 0 Å². The molecule has 0 aliphatic heterocycles. The van der Waals surface area contributed by atoms with Crippen LogP contribution in [0.1, 0.15) is 77.0 Å². The van der Waals surface area contributed by atoms with E-state index in [1.807, 2.05) is 48.6 Å². The second kappa shape index (κ2) is 61.5. The van der Waals surface area contributed by atoms with Crippen LogP contribution in [0.15, 0.2) is 99.2 Å². The van der Waals surface area contributed by atoms with Crippen molar-refractivity contribution in [1.82, 2.24) is 0 Å². The Kier molecular flexibility index (Phi) is 72.4. The number of rotatable bonds is 28. The van der Waals surface area contributed by atoms with Gasteiger partial charge in [-0.3, -0.25) is 0 Å². The minimum Gasteiger partial charge on any atom is -0.409 e. The molecule has 0 saturated heterocycles. The summed E-state index contributed by atoms with van der Waals surface area (Å²) < 4.78 is 20.1. The average molecular weight is 661 g/mol. The average Bonchev–Trinajstić information content (AvgIpc) is 3.04. The normalized spacial score (nSPS) is 10.4. The van der Waals surface area contributed by atoms with E-state index in [9.17, 15) is 0 Å². The molecule has 0 bridgehead atoms. The molecule has 5 heteroatoms. The van der Waals surface area contributed by atoms with Crippen molar-refractivity contribution in [1.29, 1.82) is 0 Å². The SMILES string of the molecule is C=CCCCC=CCOC[CH2-].C=CCCCC=CCOC[CH2-].C=CCCCC=CCOC[CH2-].C=CCCCC=CCOC[CH2-].[Ti+4]. The zero-order chi connectivity index (χ0) is 33.5. The van der Waals surface area contributed by atoms with Crippen LogP contribution in [0, 0.1) is 27.7 Å². The van der Waals surface area contributed by atoms with E-state index in [1.54, 1.807) is 0 Å². The minimum atomic E-state index is 0. The van der Waals surface area contributed by atoms with Gasteiger partial charge in [-0.05, 0) is 77.0 Å². The van der Waals surface area contributed by atoms with Gasteiger partial charge in [0.15, 0.2) is 0 Å². The summed E-state index contributed by atoms with van der Waals surface area (Å²) in [6.07, 6.45) is 38.1. The predicted octanol–water partition coefficient (Wildman–Crippen LogP) is 11.0. The molecule has 0 rings (SSSR count). The van der Waals surface area contributed by atoms with Crippen molar-refractivity contribution >= 4 is 0 Å². The summed E-state index contributed by atoms with van der Waals surface area (Å²) in [6, 6.07) is 0. The minimum absolute atomic E-state index is 0. The molecule has 0 amide bonds. The van der Waals surface area contributed by atoms with E-state index in [0.717, 1.165) is 51.4 Å². The third-order valence-electron chi connectivity index (χ3n) is 5.22. The van der Waals surface area contributed by atoms with Crippen molar-refractivity contribution in [2.75, 3.05) is 52.9 Å². The van der Waals surface area contributed by atoms with Crippen molar-refractivity contribution in [3.8, 4) is 0 Å². The van der Waals surface area contributed by atoms with Crippen molar-refractivity contribution in [2.45, 2.75) is 77.0 Å². The summed E-state index contributed by atoms with van der Waals surface area (Å²) in [5.74, 6) is 0. The zero-order valence-corrected chi connectivity index (χ0v) is 30.4. The van der Waals surface area contributed by atoms with Crippen LogP contribution in [0.2, 0.25) is 0 Å². The molecule has 0 saturated carbocycles. The van der Waals surface area contributed by atoms with Crippen molar-refractivity contribution in [2.24, 2.45) is 0 Å². The molecule has 4 nitrogen and oxygen atoms in total. The second-order valence-corrected chi connectivity index (χ2v) is 9.06. The largest absolute Gasteiger partial charge is 4.00 e. The predicted molar refractivity (Wildman–Crippen MR) is 197 cm³/mol. The van der Waals surface area contributed by atoms with Gasteiger partial charge >= 0.3 is 21.7 Å². The van der Waals surface area contributed by atoms with Gasteiger partial charge in [-0.25, -0.2) is 0 Å². The standard InChI is InChI=1S/4C10H17O.Ti/c4*1-3-5-6-7-8-9-10-11-4-2;/h4*3,8-9H,1-2,4-7,10H2;/q4*-1;+4. The Morgan fingerprint density at radius 3 is 0.689 bits per heavy atom. The summed E-state index contributed by atoms with van der Waals surface area (Å²) in [6.45, 7) is 33.8. The molecule has 0 aromatic heterocycles. The summed E-state index contributed by atoms with van der Waals surface area (Å²) >= 11 is 0. The van der Waals surface area contributed by atoms with Gasteiger partial charge in [-0.1, -0.05) is 99.3 Å². The van der Waals surface area contributed by atoms with Gasteiger partial charge in [0.1, 0.15) is 0 Å². The van der Waals surface area contributed by atoms with Crippen molar-refractivity contribution in [3.63, 3.8) is 0 Å². The van der Waals surface area contributed by atoms with Gasteiger partial charge in [0.25, 0.3) is 0 Å². The van der Waals surface area contributed by atoms with Gasteiger partial charge in [-0.15, -0.1) is 26.3 Å². The first-order valence-electron chi connectivity index (χ1n) is 16.2. The van der Waals surface area contributed by atoms with E-state index in [-0.39, 0.29) is 21.7 Å². The fourth-order valence-electron chi connectivity index (χ4n) is 2.87. The maximum atomic E-state index is 5.02. The van der Waals surface area contributed by atoms with Gasteiger partial charge in [0.2, 0.25) is 0 Å². The Morgan fingerprint density at radius 1 is 0.333 bits per heavy atom. The monoisotopic (exact) mass is 660 g/mol. The van der Waals surface area contributed by atoms with Gasteiger partial charge in [0, 0.05) is 0 Å². The molecule has 0 aromatic rings. The third kappa shape index (κ3) is 74.9. The van der Waals surface area contributed by atoms with Gasteiger partial charge in [0.05, 0.1) is 26.4 Å². The maximum Gasteiger partial charge on any atom is 4.00 e. The molecule has 0 aliphatic rings. The Balaban J connectivity index is -0.000000157. The summed E-state index contributed by atoms with van der Waals surface area (Å²) in [5.41, 5.74) is 0. The van der Waals surface area contributed by atoms with Gasteiger partial charge < -0.3 is 46.6 Å². The van der Waals surface area contributed by atoms with E-state index >= 15 is 0 Å². The van der Waals surface area contributed by atoms with Crippen molar-refractivity contribution < 1.29 is 40.7 Å². The molecule has 0 aliphatic carbocycles. The first-order valence-corrected chi connectivity index (χ1v) is 16.2. The number of ether oxygens (including phenoxy) is 4. The Bertz CT molecular complexity index is 541. The molecule has 256 valence electrons. The third-order valence-corrected chi connectivity index (χ3v) is 5.22. The molecule has 0 aromatic carbocycles. The van der Waals surface area contributed by atoms with Crippen LogP contribution in [-0.4, -0.2) is 52.9 Å². The van der Waals surface area contributed by atoms with Crippen LogP contribution in [0.5, 0.6) is 0 Å². The van der Waals surface area contributed by atoms with E-state index in [0.29, 0.717) is 52.9 Å². The molecule has 45 heavy (non-hydrogen) atoms. The van der Waals surface area contributed by atoms with Crippen LogP contribution < -0.4 is 0 Å². The molecule has 0 N–H and O–H groups in total. The first kappa shape index (κ1) is 53.0. The Morgan fingerprint density at radius 2 is 0.533 bits per heavy atom. The van der Waals surface area contributed by atoms with Crippen LogP contribution in [0.3, 0.4) is 0 Å². The smallest absolute Gasteiger partial charge is 0.409 e. The van der Waals surface area contributed by atoms with Gasteiger partial charge in [-0.2, -0.15) is 0 Å². The molecule has 0 fully saturated rings. The Hall–Kier alpha value is -1.53. The molecule has 0 radical (unpaired) electrons. The molecule has 0 heterocycles. The molecule has 0 spiro atoms. The topological polar surface area (TPSA) is 36.9 Å². The molecular weight excluding hydrogens is 592 g/mol. The number of hydrogen-bond acceptors (Lipinski definition) is 4. The molecule has 0 atom stereocenters. The van der Waals surface area contributed by atoms with Crippen molar-refractivity contribution in [3.05, 3.63) is 127 Å². The quantitative estimate of drug-likeness (QED) is 0.0362. The number of unbranched alkanes of at least 4 members (excludes halogenated alkanes) is 8. The van der Waals surface area contributed by atoms with E-state index < -0.39 is 0 Å². The number of allylic oxidation sites excluding steroid dienone is 8. The van der Waals surface area contributed by atoms with E-state index in [2.05, 4.69) is 78.3 Å². The van der Waals surface area contributed by atoms with Crippen LogP contribution >= 0.6 is 0 Å². The van der Waals surface area contributed by atoms with E-state index in [1.165, 1.54) is 25.7 Å². The summed E-state index contributed by atoms with van der Waals surface area (Å²) in [4.78, 5) is 0. The van der Waals surface area contributed by atoms with Crippen LogP contribution in [-0.2, 0) is 40.7 Å². The summed E-state index contributed by atoms with van der Waals surface area (Å²) in [7, 11) is 0. The van der Waals surface area contributed by atoms with Crippen LogP contribution in [0.4, 0.5) is 0 Å². The Labute approximate surface area is 296 Å². The first-order chi connectivity index (χ1) is 21.7. The second-order valence-electron chi connectivity index (χ2n) is 9.06. The fourth-order valence-corrected chi connectivity index (χ4v) is 2.87. The van der Waals surface area contributed by atoms with E-state index in [4.69, 9.17) is 18.9 Å². The molecular formula is C40H68O4Ti. The number of hydrogen-bond donors (Lipinski definition) is 0. The summed E-state index contributed by atoms with van der Waals surface area (Å²) in [5, 5.41) is 0. The zero-order valence-electron chi connectivity index (χ0n) is 28.9. The maximum absolute atomic E-state index is 5.02.